The zero-order valence-electron chi connectivity index (χ0n) is 16.4. The van der Waals surface area contributed by atoms with Crippen molar-refractivity contribution in [2.24, 2.45) is 0 Å². The van der Waals surface area contributed by atoms with Gasteiger partial charge in [-0.25, -0.2) is 9.37 Å². The summed E-state index contributed by atoms with van der Waals surface area (Å²) in [7, 11) is 0. The van der Waals surface area contributed by atoms with Gasteiger partial charge in [0.2, 0.25) is 0 Å². The van der Waals surface area contributed by atoms with E-state index in [1.54, 1.807) is 12.1 Å². The van der Waals surface area contributed by atoms with Crippen LogP contribution >= 0.6 is 11.3 Å². The predicted octanol–water partition coefficient (Wildman–Crippen LogP) is 7.02. The van der Waals surface area contributed by atoms with E-state index in [1.165, 1.54) is 23.5 Å². The molecule has 3 nitrogen and oxygen atoms in total. The minimum absolute atomic E-state index is 0.205. The van der Waals surface area contributed by atoms with E-state index in [0.29, 0.717) is 16.3 Å². The molecule has 1 heterocycles. The van der Waals surface area contributed by atoms with Gasteiger partial charge in [-0.1, -0.05) is 78.1 Å². The molecule has 0 spiro atoms. The molecule has 31 heavy (non-hydrogen) atoms. The molecule has 0 saturated heterocycles. The molecule has 150 valence electrons. The fraction of sp³-hybridized carbons (Fsp3) is 0. The van der Waals surface area contributed by atoms with Crippen LogP contribution in [0.2, 0.25) is 0 Å². The number of amides is 1. The van der Waals surface area contributed by atoms with E-state index in [1.807, 2.05) is 72.8 Å². The number of aromatic nitrogens is 1. The van der Waals surface area contributed by atoms with Crippen molar-refractivity contribution in [1.29, 1.82) is 0 Å². The molecule has 0 saturated carbocycles. The Morgan fingerprint density at radius 3 is 2.29 bits per heavy atom. The summed E-state index contributed by atoms with van der Waals surface area (Å²) in [5.74, 6) is -0.521. The first-order chi connectivity index (χ1) is 15.2. The van der Waals surface area contributed by atoms with Crippen LogP contribution in [-0.2, 0) is 0 Å². The SMILES string of the molecule is O=C(Nc1sc(-c2ccccc2)nc1-c1ccc(F)cc1)c1cccc2ccccc12. The van der Waals surface area contributed by atoms with Gasteiger partial charge >= 0.3 is 0 Å². The second-order valence-corrected chi connectivity index (χ2v) is 8.05. The van der Waals surface area contributed by atoms with Crippen LogP contribution in [0, 0.1) is 5.82 Å². The van der Waals surface area contributed by atoms with Gasteiger partial charge in [0.25, 0.3) is 5.91 Å². The van der Waals surface area contributed by atoms with Crippen LogP contribution in [0.5, 0.6) is 0 Å². The molecule has 0 atom stereocenters. The van der Waals surface area contributed by atoms with E-state index in [-0.39, 0.29) is 11.7 Å². The summed E-state index contributed by atoms with van der Waals surface area (Å²) in [6, 6.07) is 29.4. The van der Waals surface area contributed by atoms with E-state index >= 15 is 0 Å². The van der Waals surface area contributed by atoms with Gasteiger partial charge in [0, 0.05) is 16.7 Å². The van der Waals surface area contributed by atoms with E-state index in [0.717, 1.165) is 26.9 Å². The molecule has 0 aliphatic carbocycles. The molecule has 5 rings (SSSR count). The summed E-state index contributed by atoms with van der Waals surface area (Å²) in [6.45, 7) is 0. The minimum atomic E-state index is -0.316. The van der Waals surface area contributed by atoms with Gasteiger partial charge in [0.15, 0.2) is 0 Å². The Balaban J connectivity index is 1.58. The number of nitrogens with zero attached hydrogens (tertiary/aromatic N) is 1. The monoisotopic (exact) mass is 424 g/mol. The van der Waals surface area contributed by atoms with E-state index < -0.39 is 0 Å². The third kappa shape index (κ3) is 3.83. The number of fused-ring (bicyclic) bond motifs is 1. The van der Waals surface area contributed by atoms with Crippen molar-refractivity contribution < 1.29 is 9.18 Å². The van der Waals surface area contributed by atoms with E-state index in [4.69, 9.17) is 4.98 Å². The fourth-order valence-corrected chi connectivity index (χ4v) is 4.49. The number of halogens is 1. The number of rotatable bonds is 4. The van der Waals surface area contributed by atoms with Crippen molar-refractivity contribution in [3.8, 4) is 21.8 Å². The number of nitrogens with one attached hydrogen (secondary N) is 1. The Kier molecular flexibility index (Phi) is 5.02. The number of hydrogen-bond donors (Lipinski definition) is 1. The lowest BCUT2D eigenvalue weighted by Crippen LogP contribution is -2.12. The second-order valence-electron chi connectivity index (χ2n) is 7.05. The van der Waals surface area contributed by atoms with Crippen LogP contribution in [0.25, 0.3) is 32.6 Å². The normalized spacial score (nSPS) is 10.9. The number of anilines is 1. The van der Waals surface area contributed by atoms with E-state index in [9.17, 15) is 9.18 Å². The van der Waals surface area contributed by atoms with Crippen LogP contribution in [0.15, 0.2) is 97.1 Å². The highest BCUT2D eigenvalue weighted by atomic mass is 32.1. The largest absolute Gasteiger partial charge is 0.312 e. The molecule has 1 N–H and O–H groups in total. The number of thiazole rings is 1. The minimum Gasteiger partial charge on any atom is -0.312 e. The van der Waals surface area contributed by atoms with Gasteiger partial charge in [-0.05, 0) is 41.1 Å². The maximum Gasteiger partial charge on any atom is 0.256 e. The van der Waals surface area contributed by atoms with Crippen LogP contribution in [0.3, 0.4) is 0 Å². The number of carbonyl (C=O) groups excluding carboxylic acids is 1. The Morgan fingerprint density at radius 1 is 0.774 bits per heavy atom. The van der Waals surface area contributed by atoms with Crippen LogP contribution in [0.4, 0.5) is 9.39 Å². The van der Waals surface area contributed by atoms with Crippen LogP contribution in [0.1, 0.15) is 10.4 Å². The summed E-state index contributed by atoms with van der Waals surface area (Å²) in [5.41, 5.74) is 2.92. The highest BCUT2D eigenvalue weighted by Crippen LogP contribution is 2.38. The summed E-state index contributed by atoms with van der Waals surface area (Å²) in [6.07, 6.45) is 0. The fourth-order valence-electron chi connectivity index (χ4n) is 3.51. The van der Waals surface area contributed by atoms with Crippen molar-refractivity contribution in [3.05, 3.63) is 108 Å². The van der Waals surface area contributed by atoms with Crippen molar-refractivity contribution in [2.45, 2.75) is 0 Å². The first-order valence-electron chi connectivity index (χ1n) is 9.80. The average Bonchev–Trinajstić information content (AvgIpc) is 3.23. The van der Waals surface area contributed by atoms with Gasteiger partial charge < -0.3 is 5.32 Å². The van der Waals surface area contributed by atoms with Crippen molar-refractivity contribution >= 4 is 33.0 Å². The third-order valence-electron chi connectivity index (χ3n) is 5.03. The van der Waals surface area contributed by atoms with Gasteiger partial charge in [0.1, 0.15) is 21.5 Å². The lowest BCUT2D eigenvalue weighted by atomic mass is 10.0. The van der Waals surface area contributed by atoms with E-state index in [2.05, 4.69) is 5.32 Å². The van der Waals surface area contributed by atoms with Crippen molar-refractivity contribution in [2.75, 3.05) is 5.32 Å². The highest BCUT2D eigenvalue weighted by Gasteiger charge is 2.18. The molecule has 0 bridgehead atoms. The zero-order chi connectivity index (χ0) is 21.2. The zero-order valence-corrected chi connectivity index (χ0v) is 17.2. The highest BCUT2D eigenvalue weighted by molar-refractivity contribution is 7.19. The predicted molar refractivity (Wildman–Crippen MR) is 125 cm³/mol. The lowest BCUT2D eigenvalue weighted by molar-refractivity contribution is 0.102. The Morgan fingerprint density at radius 2 is 1.48 bits per heavy atom. The van der Waals surface area contributed by atoms with Crippen molar-refractivity contribution in [1.82, 2.24) is 4.98 Å². The summed E-state index contributed by atoms with van der Waals surface area (Å²) >= 11 is 1.40. The molecule has 0 unspecified atom stereocenters. The second kappa shape index (κ2) is 8.13. The topological polar surface area (TPSA) is 42.0 Å². The molecular weight excluding hydrogens is 407 g/mol. The quantitative estimate of drug-likeness (QED) is 0.337. The molecule has 4 aromatic carbocycles. The first-order valence-corrected chi connectivity index (χ1v) is 10.6. The average molecular weight is 425 g/mol. The number of hydrogen-bond acceptors (Lipinski definition) is 3. The smallest absolute Gasteiger partial charge is 0.256 e. The molecule has 0 radical (unpaired) electrons. The Bertz CT molecular complexity index is 1370. The molecule has 0 aliphatic heterocycles. The van der Waals surface area contributed by atoms with Gasteiger partial charge in [-0.15, -0.1) is 0 Å². The molecular formula is C26H17FN2OS. The molecule has 1 aromatic heterocycles. The summed E-state index contributed by atoms with van der Waals surface area (Å²) < 4.78 is 13.5. The standard InChI is InChI=1S/C26H17FN2OS/c27-20-15-13-18(14-16-20)23-26(31-25(28-23)19-8-2-1-3-9-19)29-24(30)22-12-6-10-17-7-4-5-11-21(17)22/h1-16H,(H,29,30). The van der Waals surface area contributed by atoms with Crippen molar-refractivity contribution in [3.63, 3.8) is 0 Å². The maximum atomic E-state index is 13.5. The van der Waals surface area contributed by atoms with Gasteiger partial charge in [-0.2, -0.15) is 0 Å². The molecule has 5 aromatic rings. The van der Waals surface area contributed by atoms with Crippen LogP contribution < -0.4 is 5.32 Å². The Labute approximate surface area is 182 Å². The maximum absolute atomic E-state index is 13.5. The molecule has 0 aliphatic rings. The molecule has 0 fully saturated rings. The third-order valence-corrected chi connectivity index (χ3v) is 6.05. The summed E-state index contributed by atoms with van der Waals surface area (Å²) in [4.78, 5) is 18.0. The Hall–Kier alpha value is -3.83. The molecule has 1 amide bonds. The summed E-state index contributed by atoms with van der Waals surface area (Å²) in [5, 5.41) is 6.35. The molecule has 5 heteroatoms. The number of benzene rings is 4. The van der Waals surface area contributed by atoms with Gasteiger partial charge in [0.05, 0.1) is 0 Å². The van der Waals surface area contributed by atoms with Gasteiger partial charge in [-0.3, -0.25) is 4.79 Å². The first kappa shape index (κ1) is 19.2. The number of carbonyl (C=O) groups is 1. The van der Waals surface area contributed by atoms with Crippen LogP contribution in [-0.4, -0.2) is 10.9 Å². The lowest BCUT2D eigenvalue weighted by Gasteiger charge is -2.08.